The van der Waals surface area contributed by atoms with Gasteiger partial charge in [-0.25, -0.2) is 0 Å². The fourth-order valence-electron chi connectivity index (χ4n) is 2.99. The maximum atomic E-state index is 12.2. The summed E-state index contributed by atoms with van der Waals surface area (Å²) in [7, 11) is 0. The summed E-state index contributed by atoms with van der Waals surface area (Å²) in [6.07, 6.45) is 4.67. The van der Waals surface area contributed by atoms with Gasteiger partial charge in [-0.3, -0.25) is 9.69 Å². The van der Waals surface area contributed by atoms with Gasteiger partial charge < -0.3 is 5.32 Å². The van der Waals surface area contributed by atoms with Gasteiger partial charge in [-0.05, 0) is 67.6 Å². The van der Waals surface area contributed by atoms with Gasteiger partial charge in [0.25, 0.3) is 5.91 Å². The van der Waals surface area contributed by atoms with Crippen molar-refractivity contribution in [2.24, 2.45) is 0 Å². The first-order valence-electron chi connectivity index (χ1n) is 8.47. The van der Waals surface area contributed by atoms with Crippen molar-refractivity contribution in [1.82, 2.24) is 10.2 Å². The highest BCUT2D eigenvalue weighted by Gasteiger charge is 2.11. The molecular weight excluding hydrogens is 316 g/mol. The van der Waals surface area contributed by atoms with Gasteiger partial charge in [-0.2, -0.15) is 0 Å². The van der Waals surface area contributed by atoms with Crippen molar-refractivity contribution in [3.05, 3.63) is 65.2 Å². The van der Waals surface area contributed by atoms with Crippen LogP contribution in [-0.2, 0) is 13.1 Å². The van der Waals surface area contributed by atoms with E-state index in [4.69, 9.17) is 0 Å². The summed E-state index contributed by atoms with van der Waals surface area (Å²) in [6, 6.07) is 16.3. The average molecular weight is 340 g/mol. The SMILES string of the molecule is CSc1ccc(C(=O)NCc2ccc(CN3CCCC3)cc2)cc1. The molecule has 3 rings (SSSR count). The molecule has 1 fully saturated rings. The monoisotopic (exact) mass is 340 g/mol. The molecule has 0 saturated carbocycles. The topological polar surface area (TPSA) is 32.3 Å². The van der Waals surface area contributed by atoms with Crippen LogP contribution in [0.4, 0.5) is 0 Å². The fourth-order valence-corrected chi connectivity index (χ4v) is 3.40. The van der Waals surface area contributed by atoms with E-state index in [1.165, 1.54) is 36.4 Å². The number of likely N-dealkylation sites (tertiary alicyclic amines) is 1. The lowest BCUT2D eigenvalue weighted by atomic mass is 10.1. The Morgan fingerprint density at radius 3 is 2.25 bits per heavy atom. The van der Waals surface area contributed by atoms with Crippen LogP contribution in [0, 0.1) is 0 Å². The molecule has 0 radical (unpaired) electrons. The lowest BCUT2D eigenvalue weighted by Gasteiger charge is -2.14. The molecule has 2 aromatic rings. The largest absolute Gasteiger partial charge is 0.348 e. The Hall–Kier alpha value is -1.78. The molecule has 0 bridgehead atoms. The van der Waals surface area contributed by atoms with Crippen molar-refractivity contribution in [2.75, 3.05) is 19.3 Å². The van der Waals surface area contributed by atoms with Gasteiger partial charge in [-0.15, -0.1) is 11.8 Å². The summed E-state index contributed by atoms with van der Waals surface area (Å²) in [5.41, 5.74) is 3.19. The van der Waals surface area contributed by atoms with Crippen LogP contribution in [0.2, 0.25) is 0 Å². The Bertz CT molecular complexity index is 661. The Labute approximate surface area is 148 Å². The van der Waals surface area contributed by atoms with Crippen molar-refractivity contribution in [1.29, 1.82) is 0 Å². The second kappa shape index (κ2) is 8.36. The molecule has 0 atom stereocenters. The number of thioether (sulfide) groups is 1. The normalized spacial score (nSPS) is 14.7. The third-order valence-corrected chi connectivity index (χ3v) is 5.18. The smallest absolute Gasteiger partial charge is 0.251 e. The Balaban J connectivity index is 1.50. The van der Waals surface area contributed by atoms with Crippen LogP contribution in [0.5, 0.6) is 0 Å². The summed E-state index contributed by atoms with van der Waals surface area (Å²) < 4.78 is 0. The van der Waals surface area contributed by atoms with Crippen molar-refractivity contribution >= 4 is 17.7 Å². The molecule has 4 heteroatoms. The van der Waals surface area contributed by atoms with Crippen molar-refractivity contribution in [2.45, 2.75) is 30.8 Å². The second-order valence-electron chi connectivity index (χ2n) is 6.21. The minimum absolute atomic E-state index is 0.0243. The quantitative estimate of drug-likeness (QED) is 0.809. The van der Waals surface area contributed by atoms with E-state index in [2.05, 4.69) is 34.5 Å². The first-order valence-corrected chi connectivity index (χ1v) is 9.69. The van der Waals surface area contributed by atoms with Crippen LogP contribution in [0.3, 0.4) is 0 Å². The molecule has 1 saturated heterocycles. The highest BCUT2D eigenvalue weighted by atomic mass is 32.2. The molecule has 3 nitrogen and oxygen atoms in total. The molecule has 0 aromatic heterocycles. The molecular formula is C20H24N2OS. The van der Waals surface area contributed by atoms with E-state index in [0.29, 0.717) is 12.1 Å². The van der Waals surface area contributed by atoms with Gasteiger partial charge in [0.2, 0.25) is 0 Å². The number of nitrogens with one attached hydrogen (secondary N) is 1. The Kier molecular flexibility index (Phi) is 5.94. The summed E-state index contributed by atoms with van der Waals surface area (Å²) in [6.45, 7) is 4.03. The van der Waals surface area contributed by atoms with Crippen LogP contribution >= 0.6 is 11.8 Å². The van der Waals surface area contributed by atoms with Crippen LogP contribution in [0.1, 0.15) is 34.3 Å². The highest BCUT2D eigenvalue weighted by molar-refractivity contribution is 7.98. The average Bonchev–Trinajstić information content (AvgIpc) is 3.14. The Morgan fingerprint density at radius 1 is 1.00 bits per heavy atom. The van der Waals surface area contributed by atoms with Crippen LogP contribution in [0.25, 0.3) is 0 Å². The van der Waals surface area contributed by atoms with E-state index in [-0.39, 0.29) is 5.91 Å². The van der Waals surface area contributed by atoms with Crippen LogP contribution in [0.15, 0.2) is 53.4 Å². The number of benzene rings is 2. The van der Waals surface area contributed by atoms with E-state index < -0.39 is 0 Å². The molecule has 0 spiro atoms. The summed E-state index contributed by atoms with van der Waals surface area (Å²) in [5.74, 6) is -0.0243. The first kappa shape index (κ1) is 17.1. The van der Waals surface area contributed by atoms with E-state index in [0.717, 1.165) is 12.1 Å². The van der Waals surface area contributed by atoms with E-state index >= 15 is 0 Å². The standard InChI is InChI=1S/C20H24N2OS/c1-24-19-10-8-18(9-11-19)20(23)21-14-16-4-6-17(7-5-16)15-22-12-2-3-13-22/h4-11H,2-3,12-15H2,1H3,(H,21,23). The van der Waals surface area contributed by atoms with Crippen molar-refractivity contribution in [3.8, 4) is 0 Å². The van der Waals surface area contributed by atoms with Gasteiger partial charge in [0.1, 0.15) is 0 Å². The van der Waals surface area contributed by atoms with Crippen molar-refractivity contribution in [3.63, 3.8) is 0 Å². The van der Waals surface area contributed by atoms with Gasteiger partial charge >= 0.3 is 0 Å². The third-order valence-electron chi connectivity index (χ3n) is 4.43. The predicted molar refractivity (Wildman–Crippen MR) is 100 cm³/mol. The molecule has 0 aliphatic carbocycles. The number of hydrogen-bond acceptors (Lipinski definition) is 3. The summed E-state index contributed by atoms with van der Waals surface area (Å²) in [5, 5.41) is 2.99. The summed E-state index contributed by atoms with van der Waals surface area (Å²) >= 11 is 1.68. The molecule has 0 unspecified atom stereocenters. The predicted octanol–water partition coefficient (Wildman–Crippen LogP) is 3.93. The molecule has 24 heavy (non-hydrogen) atoms. The summed E-state index contributed by atoms with van der Waals surface area (Å²) in [4.78, 5) is 15.9. The fraction of sp³-hybridized carbons (Fsp3) is 0.350. The number of carbonyl (C=O) groups excluding carboxylic acids is 1. The minimum atomic E-state index is -0.0243. The number of carbonyl (C=O) groups is 1. The highest BCUT2D eigenvalue weighted by Crippen LogP contribution is 2.15. The van der Waals surface area contributed by atoms with E-state index in [1.807, 2.05) is 30.5 Å². The minimum Gasteiger partial charge on any atom is -0.348 e. The molecule has 1 aliphatic rings. The number of rotatable bonds is 6. The van der Waals surface area contributed by atoms with Gasteiger partial charge in [0.05, 0.1) is 0 Å². The third kappa shape index (κ3) is 4.62. The molecule has 1 heterocycles. The van der Waals surface area contributed by atoms with E-state index in [9.17, 15) is 4.79 Å². The van der Waals surface area contributed by atoms with Crippen LogP contribution < -0.4 is 5.32 Å². The van der Waals surface area contributed by atoms with Gasteiger partial charge in [0, 0.05) is 23.5 Å². The number of amides is 1. The zero-order valence-corrected chi connectivity index (χ0v) is 14.9. The zero-order valence-electron chi connectivity index (χ0n) is 14.1. The van der Waals surface area contributed by atoms with Gasteiger partial charge in [0.15, 0.2) is 0 Å². The lowest BCUT2D eigenvalue weighted by Crippen LogP contribution is -2.22. The zero-order chi connectivity index (χ0) is 16.8. The number of nitrogens with zero attached hydrogens (tertiary/aromatic N) is 1. The number of hydrogen-bond donors (Lipinski definition) is 1. The molecule has 1 amide bonds. The maximum absolute atomic E-state index is 12.2. The maximum Gasteiger partial charge on any atom is 0.251 e. The molecule has 126 valence electrons. The molecule has 1 N–H and O–H groups in total. The van der Waals surface area contributed by atoms with E-state index in [1.54, 1.807) is 11.8 Å². The molecule has 2 aromatic carbocycles. The Morgan fingerprint density at radius 2 is 1.62 bits per heavy atom. The second-order valence-corrected chi connectivity index (χ2v) is 7.09. The van der Waals surface area contributed by atoms with Crippen LogP contribution in [-0.4, -0.2) is 30.2 Å². The lowest BCUT2D eigenvalue weighted by molar-refractivity contribution is 0.0951. The first-order chi connectivity index (χ1) is 11.7. The van der Waals surface area contributed by atoms with Crippen molar-refractivity contribution < 1.29 is 4.79 Å². The van der Waals surface area contributed by atoms with Gasteiger partial charge in [-0.1, -0.05) is 24.3 Å². The molecule has 1 aliphatic heterocycles.